The van der Waals surface area contributed by atoms with Crippen molar-refractivity contribution in [3.05, 3.63) is 91.4 Å². The van der Waals surface area contributed by atoms with Crippen LogP contribution in [0, 0.1) is 24.7 Å². The van der Waals surface area contributed by atoms with E-state index >= 15 is 0 Å². The molecule has 1 unspecified atom stereocenters. The van der Waals surface area contributed by atoms with Crippen LogP contribution in [0.1, 0.15) is 49.8 Å². The van der Waals surface area contributed by atoms with Gasteiger partial charge in [0, 0.05) is 19.1 Å². The van der Waals surface area contributed by atoms with Gasteiger partial charge in [0.05, 0.1) is 31.9 Å². The van der Waals surface area contributed by atoms with Crippen molar-refractivity contribution in [2.24, 2.45) is 17.8 Å². The molecule has 3 aromatic carbocycles. The monoisotopic (exact) mass is 722 g/mol. The van der Waals surface area contributed by atoms with E-state index < -0.39 is 17.8 Å². The molecule has 1 fully saturated rings. The molecule has 0 saturated heterocycles. The number of hydrogen-bond acceptors (Lipinski definition) is 5. The predicted octanol–water partition coefficient (Wildman–Crippen LogP) is 8.75. The zero-order valence-corrected chi connectivity index (χ0v) is 29.9. The lowest BCUT2D eigenvalue weighted by Crippen LogP contribution is -2.42. The van der Waals surface area contributed by atoms with Crippen LogP contribution in [0.3, 0.4) is 0 Å². The zero-order chi connectivity index (χ0) is 34.1. The Morgan fingerprint density at radius 1 is 0.936 bits per heavy atom. The number of halogens is 4. The molecule has 0 heterocycles. The van der Waals surface area contributed by atoms with Gasteiger partial charge in [0.25, 0.3) is 0 Å². The molecule has 47 heavy (non-hydrogen) atoms. The van der Waals surface area contributed by atoms with E-state index in [1.165, 1.54) is 0 Å². The molecule has 7 nitrogen and oxygen atoms in total. The molecule has 1 aliphatic carbocycles. The van der Waals surface area contributed by atoms with Crippen LogP contribution in [0.4, 0.5) is 0 Å². The van der Waals surface area contributed by atoms with E-state index in [9.17, 15) is 14.7 Å². The summed E-state index contributed by atoms with van der Waals surface area (Å²) in [6, 6.07) is 16.8. The summed E-state index contributed by atoms with van der Waals surface area (Å²) >= 11 is 25.5. The zero-order valence-electron chi connectivity index (χ0n) is 26.9. The Bertz CT molecular complexity index is 1510. The largest absolute Gasteiger partial charge is 0.490 e. The first-order valence-corrected chi connectivity index (χ1v) is 17.4. The molecule has 11 heteroatoms. The van der Waals surface area contributed by atoms with Crippen molar-refractivity contribution in [1.82, 2.24) is 10.2 Å². The average molecular weight is 725 g/mol. The van der Waals surface area contributed by atoms with E-state index in [0.717, 1.165) is 29.5 Å². The number of para-hydroxylation sites is 1. The van der Waals surface area contributed by atoms with Crippen LogP contribution in [0.2, 0.25) is 20.1 Å². The van der Waals surface area contributed by atoms with Crippen LogP contribution >= 0.6 is 46.4 Å². The molecule has 2 N–H and O–H groups in total. The summed E-state index contributed by atoms with van der Waals surface area (Å²) in [6.45, 7) is 7.38. The number of carbonyl (C=O) groups excluding carboxylic acids is 1. The first-order chi connectivity index (χ1) is 22.5. The van der Waals surface area contributed by atoms with Gasteiger partial charge in [0.15, 0.2) is 5.75 Å². The van der Waals surface area contributed by atoms with E-state index in [4.69, 9.17) is 55.9 Å². The van der Waals surface area contributed by atoms with E-state index in [0.29, 0.717) is 64.1 Å². The fourth-order valence-electron chi connectivity index (χ4n) is 5.58. The van der Waals surface area contributed by atoms with Crippen molar-refractivity contribution >= 4 is 58.3 Å². The van der Waals surface area contributed by atoms with Crippen LogP contribution in [-0.4, -0.2) is 54.2 Å². The third kappa shape index (κ3) is 10.7. The van der Waals surface area contributed by atoms with Crippen LogP contribution in [0.15, 0.2) is 54.6 Å². The van der Waals surface area contributed by atoms with Gasteiger partial charge in [-0.05, 0) is 86.0 Å². The molecule has 1 amide bonds. The number of hydrogen-bond donors (Lipinski definition) is 2. The molecule has 2 atom stereocenters. The number of nitrogens with zero attached hydrogens (tertiary/aromatic N) is 1. The molecule has 1 saturated carbocycles. The van der Waals surface area contributed by atoms with Gasteiger partial charge in [-0.25, -0.2) is 0 Å². The number of amides is 1. The summed E-state index contributed by atoms with van der Waals surface area (Å²) in [5.41, 5.74) is 2.61. The van der Waals surface area contributed by atoms with E-state index in [2.05, 4.69) is 5.32 Å². The lowest BCUT2D eigenvalue weighted by molar-refractivity contribution is -0.143. The highest BCUT2D eigenvalue weighted by Crippen LogP contribution is 2.35. The molecule has 4 rings (SSSR count). The van der Waals surface area contributed by atoms with Gasteiger partial charge in [-0.3, -0.25) is 9.59 Å². The number of rotatable bonds is 18. The first kappa shape index (κ1) is 37.1. The first-order valence-electron chi connectivity index (χ1n) is 15.9. The molecule has 3 aromatic rings. The summed E-state index contributed by atoms with van der Waals surface area (Å²) in [6.07, 6.45) is 2.73. The van der Waals surface area contributed by atoms with Gasteiger partial charge in [-0.2, -0.15) is 0 Å². The van der Waals surface area contributed by atoms with Crippen molar-refractivity contribution in [1.29, 1.82) is 0 Å². The standard InChI is InChI=1S/C36H42Cl4N2O5/c1-22(2)28(36(44)45)13-14-41-20-26(35(43)42(27-11-12-27)21-25-8-6-9-29(37)33(25)40)19-24-7-4-5-10-32(24)46-15-16-47-34-30(38)17-23(3)18-31(34)39/h4-10,17-18,22,26-28,41H,11-16,19-21H2,1-3H3,(H,44,45)/t26?,28-/m1/s1. The molecular weight excluding hydrogens is 682 g/mol. The van der Waals surface area contributed by atoms with Crippen molar-refractivity contribution in [2.75, 3.05) is 26.3 Å². The minimum absolute atomic E-state index is 0.00326. The van der Waals surface area contributed by atoms with Crippen LogP contribution < -0.4 is 14.8 Å². The van der Waals surface area contributed by atoms with Crippen molar-refractivity contribution in [2.45, 2.75) is 59.0 Å². The van der Waals surface area contributed by atoms with Gasteiger partial charge >= 0.3 is 5.97 Å². The SMILES string of the molecule is Cc1cc(Cl)c(OCCOc2ccccc2CC(CNCC[C@@H](C(=O)O)C(C)C)C(=O)N(Cc2cccc(Cl)c2Cl)C2CC2)c(Cl)c1. The second-order valence-corrected chi connectivity index (χ2v) is 14.0. The fraction of sp³-hybridized carbons (Fsp3) is 0.444. The van der Waals surface area contributed by atoms with Gasteiger partial charge < -0.3 is 24.8 Å². The van der Waals surface area contributed by atoms with Crippen LogP contribution in [0.5, 0.6) is 11.5 Å². The third-order valence-electron chi connectivity index (χ3n) is 8.31. The van der Waals surface area contributed by atoms with E-state index in [1.807, 2.05) is 62.1 Å². The van der Waals surface area contributed by atoms with Gasteiger partial charge in [0.2, 0.25) is 5.91 Å². The van der Waals surface area contributed by atoms with Crippen molar-refractivity contribution < 1.29 is 24.2 Å². The van der Waals surface area contributed by atoms with Crippen LogP contribution in [0.25, 0.3) is 0 Å². The second kappa shape index (κ2) is 17.6. The quantitative estimate of drug-likeness (QED) is 0.128. The summed E-state index contributed by atoms with van der Waals surface area (Å²) in [4.78, 5) is 28.0. The Balaban J connectivity index is 1.49. The number of ether oxygens (including phenoxy) is 2. The normalized spacial score (nSPS) is 14.1. The van der Waals surface area contributed by atoms with Crippen molar-refractivity contribution in [3.63, 3.8) is 0 Å². The number of benzene rings is 3. The highest BCUT2D eigenvalue weighted by molar-refractivity contribution is 6.42. The van der Waals surface area contributed by atoms with E-state index in [-0.39, 0.29) is 31.1 Å². The number of nitrogens with one attached hydrogen (secondary N) is 1. The molecule has 0 radical (unpaired) electrons. The average Bonchev–Trinajstić information content (AvgIpc) is 3.85. The number of carboxylic acids is 1. The third-order valence-corrected chi connectivity index (χ3v) is 9.73. The maximum atomic E-state index is 14.3. The number of aryl methyl sites for hydroxylation is 1. The molecule has 0 aromatic heterocycles. The van der Waals surface area contributed by atoms with E-state index in [1.54, 1.807) is 18.2 Å². The summed E-state index contributed by atoms with van der Waals surface area (Å²) < 4.78 is 12.0. The van der Waals surface area contributed by atoms with Crippen molar-refractivity contribution in [3.8, 4) is 11.5 Å². The molecule has 1 aliphatic rings. The topological polar surface area (TPSA) is 88.1 Å². The second-order valence-electron chi connectivity index (χ2n) is 12.4. The summed E-state index contributed by atoms with van der Waals surface area (Å²) in [5, 5.41) is 14.8. The van der Waals surface area contributed by atoms with Gasteiger partial charge in [-0.1, -0.05) is 90.6 Å². The summed E-state index contributed by atoms with van der Waals surface area (Å²) in [7, 11) is 0. The highest BCUT2D eigenvalue weighted by atomic mass is 35.5. The predicted molar refractivity (Wildman–Crippen MR) is 189 cm³/mol. The molecular formula is C36H42Cl4N2O5. The number of carbonyl (C=O) groups is 2. The minimum Gasteiger partial charge on any atom is -0.490 e. The summed E-state index contributed by atoms with van der Waals surface area (Å²) in [5.74, 6) is -0.656. The fourth-order valence-corrected chi connectivity index (χ4v) is 6.67. The van der Waals surface area contributed by atoms with Crippen LogP contribution in [-0.2, 0) is 22.6 Å². The Labute approximate surface area is 297 Å². The Morgan fingerprint density at radius 2 is 1.60 bits per heavy atom. The maximum Gasteiger partial charge on any atom is 0.306 e. The smallest absolute Gasteiger partial charge is 0.306 e. The molecule has 254 valence electrons. The molecule has 0 spiro atoms. The van der Waals surface area contributed by atoms with Gasteiger partial charge in [-0.15, -0.1) is 0 Å². The Morgan fingerprint density at radius 3 is 2.26 bits per heavy atom. The highest BCUT2D eigenvalue weighted by Gasteiger charge is 2.36. The number of carboxylic acid groups (broad SMARTS) is 1. The Hall–Kier alpha value is -2.68. The molecule has 0 bridgehead atoms. The minimum atomic E-state index is -0.810. The van der Waals surface area contributed by atoms with Gasteiger partial charge in [0.1, 0.15) is 19.0 Å². The molecule has 0 aliphatic heterocycles. The Kier molecular flexibility index (Phi) is 13.9. The maximum absolute atomic E-state index is 14.3. The lowest BCUT2D eigenvalue weighted by atomic mass is 9.92. The number of aliphatic carboxylic acids is 1. The lowest BCUT2D eigenvalue weighted by Gasteiger charge is -2.29.